The summed E-state index contributed by atoms with van der Waals surface area (Å²) in [5, 5.41) is 11.6. The molecular weight excluding hydrogens is 234 g/mol. The van der Waals surface area contributed by atoms with Crippen LogP contribution in [0.3, 0.4) is 0 Å². The molecule has 1 aliphatic rings. The highest BCUT2D eigenvalue weighted by Gasteiger charge is 2.22. The van der Waals surface area contributed by atoms with Gasteiger partial charge in [-0.05, 0) is 24.1 Å². The van der Waals surface area contributed by atoms with Crippen LogP contribution in [0.25, 0.3) is 0 Å². The van der Waals surface area contributed by atoms with Crippen LogP contribution in [0.1, 0.15) is 5.56 Å². The summed E-state index contributed by atoms with van der Waals surface area (Å²) in [5.74, 6) is -0.190. The van der Waals surface area contributed by atoms with E-state index in [0.29, 0.717) is 26.2 Å². The van der Waals surface area contributed by atoms with Gasteiger partial charge in [0.1, 0.15) is 0 Å². The van der Waals surface area contributed by atoms with Crippen molar-refractivity contribution in [2.45, 2.75) is 12.5 Å². The molecule has 5 heteroatoms. The fourth-order valence-electron chi connectivity index (χ4n) is 1.75. The minimum absolute atomic E-state index is 0.124. The van der Waals surface area contributed by atoms with Gasteiger partial charge in [0, 0.05) is 12.3 Å². The molecule has 1 fully saturated rings. The van der Waals surface area contributed by atoms with E-state index in [4.69, 9.17) is 14.6 Å². The van der Waals surface area contributed by atoms with Crippen LogP contribution in [0.4, 0.5) is 5.69 Å². The second kappa shape index (κ2) is 6.49. The number of carbonyl (C=O) groups is 1. The zero-order valence-electron chi connectivity index (χ0n) is 10.1. The Morgan fingerprint density at radius 2 is 2.11 bits per heavy atom. The molecule has 1 aromatic carbocycles. The summed E-state index contributed by atoms with van der Waals surface area (Å²) >= 11 is 0. The predicted octanol–water partition coefficient (Wildman–Crippen LogP) is 0.575. The lowest BCUT2D eigenvalue weighted by Crippen LogP contribution is -2.39. The van der Waals surface area contributed by atoms with Gasteiger partial charge in [0.25, 0.3) is 5.91 Å². The molecular formula is C13H17NO4. The summed E-state index contributed by atoms with van der Waals surface area (Å²) in [6, 6.07) is 7.38. The van der Waals surface area contributed by atoms with Crippen molar-refractivity contribution in [2.75, 3.05) is 31.7 Å². The molecule has 2 N–H and O–H groups in total. The van der Waals surface area contributed by atoms with E-state index in [1.165, 1.54) is 0 Å². The van der Waals surface area contributed by atoms with Crippen LogP contribution in [0.5, 0.6) is 0 Å². The second-order valence-electron chi connectivity index (χ2n) is 4.09. The lowest BCUT2D eigenvalue weighted by Gasteiger charge is -2.22. The molecule has 0 bridgehead atoms. The number of aliphatic hydroxyl groups excluding tert-OH is 1. The van der Waals surface area contributed by atoms with Gasteiger partial charge in [-0.15, -0.1) is 0 Å². The Hall–Kier alpha value is -1.43. The topological polar surface area (TPSA) is 67.8 Å². The number of nitrogens with one attached hydrogen (secondary N) is 1. The molecule has 18 heavy (non-hydrogen) atoms. The molecule has 0 aromatic heterocycles. The van der Waals surface area contributed by atoms with Gasteiger partial charge < -0.3 is 19.9 Å². The molecule has 1 aromatic rings. The summed E-state index contributed by atoms with van der Waals surface area (Å²) in [5.41, 5.74) is 1.75. The molecule has 5 nitrogen and oxygen atoms in total. The van der Waals surface area contributed by atoms with Gasteiger partial charge >= 0.3 is 0 Å². The number of rotatable bonds is 4. The number of ether oxygens (including phenoxy) is 2. The van der Waals surface area contributed by atoms with Crippen molar-refractivity contribution in [2.24, 2.45) is 0 Å². The van der Waals surface area contributed by atoms with Crippen LogP contribution in [0.2, 0.25) is 0 Å². The standard InChI is InChI=1S/C13H17NO4/c15-6-5-10-1-3-11(4-2-10)14-13(16)12-9-17-7-8-18-12/h1-4,12,15H,5-9H2,(H,14,16). The van der Waals surface area contributed by atoms with Crippen molar-refractivity contribution < 1.29 is 19.4 Å². The number of anilines is 1. The van der Waals surface area contributed by atoms with Crippen LogP contribution in [-0.2, 0) is 20.7 Å². The van der Waals surface area contributed by atoms with E-state index >= 15 is 0 Å². The second-order valence-corrected chi connectivity index (χ2v) is 4.09. The summed E-state index contributed by atoms with van der Waals surface area (Å²) in [6.07, 6.45) is 0.0872. The van der Waals surface area contributed by atoms with Gasteiger partial charge in [-0.2, -0.15) is 0 Å². The summed E-state index contributed by atoms with van der Waals surface area (Å²) in [6.45, 7) is 1.42. The Bertz CT molecular complexity index is 384. The third-order valence-corrected chi connectivity index (χ3v) is 2.73. The maximum Gasteiger partial charge on any atom is 0.255 e. The normalized spacial score (nSPS) is 19.5. The van der Waals surface area contributed by atoms with E-state index in [2.05, 4.69) is 5.32 Å². The molecule has 1 atom stereocenters. The highest BCUT2D eigenvalue weighted by atomic mass is 16.6. The van der Waals surface area contributed by atoms with Crippen molar-refractivity contribution >= 4 is 11.6 Å². The first-order chi connectivity index (χ1) is 8.79. The van der Waals surface area contributed by atoms with Gasteiger partial charge in [0.15, 0.2) is 6.10 Å². The van der Waals surface area contributed by atoms with Crippen LogP contribution in [-0.4, -0.2) is 43.5 Å². The largest absolute Gasteiger partial charge is 0.396 e. The molecule has 0 radical (unpaired) electrons. The van der Waals surface area contributed by atoms with E-state index in [1.807, 2.05) is 24.3 Å². The van der Waals surface area contributed by atoms with Crippen molar-refractivity contribution in [1.82, 2.24) is 0 Å². The molecule has 0 saturated carbocycles. The molecule has 1 saturated heterocycles. The highest BCUT2D eigenvalue weighted by molar-refractivity contribution is 5.94. The van der Waals surface area contributed by atoms with Crippen LogP contribution in [0, 0.1) is 0 Å². The minimum Gasteiger partial charge on any atom is -0.396 e. The number of hydrogen-bond donors (Lipinski definition) is 2. The fraction of sp³-hybridized carbons (Fsp3) is 0.462. The minimum atomic E-state index is -0.532. The SMILES string of the molecule is O=C(Nc1ccc(CCO)cc1)C1COCCO1. The lowest BCUT2D eigenvalue weighted by atomic mass is 10.1. The van der Waals surface area contributed by atoms with E-state index in [-0.39, 0.29) is 12.5 Å². The predicted molar refractivity (Wildman–Crippen MR) is 66.4 cm³/mol. The van der Waals surface area contributed by atoms with Gasteiger partial charge in [-0.25, -0.2) is 0 Å². The molecule has 98 valence electrons. The highest BCUT2D eigenvalue weighted by Crippen LogP contribution is 2.11. The summed E-state index contributed by atoms with van der Waals surface area (Å²) in [4.78, 5) is 11.8. The third-order valence-electron chi connectivity index (χ3n) is 2.73. The number of carbonyl (C=O) groups excluding carboxylic acids is 1. The first kappa shape index (κ1) is 13.0. The van der Waals surface area contributed by atoms with Gasteiger partial charge in [0.05, 0.1) is 19.8 Å². The van der Waals surface area contributed by atoms with Crippen molar-refractivity contribution in [1.29, 1.82) is 0 Å². The van der Waals surface area contributed by atoms with Gasteiger partial charge in [0.2, 0.25) is 0 Å². The number of aliphatic hydroxyl groups is 1. The Labute approximate surface area is 106 Å². The first-order valence-electron chi connectivity index (χ1n) is 5.99. The van der Waals surface area contributed by atoms with Crippen LogP contribution < -0.4 is 5.32 Å². The smallest absolute Gasteiger partial charge is 0.255 e. The van der Waals surface area contributed by atoms with E-state index in [0.717, 1.165) is 11.3 Å². The summed E-state index contributed by atoms with van der Waals surface area (Å²) in [7, 11) is 0. The molecule has 0 aliphatic carbocycles. The molecule has 2 rings (SSSR count). The third kappa shape index (κ3) is 3.53. The van der Waals surface area contributed by atoms with Crippen LogP contribution >= 0.6 is 0 Å². The van der Waals surface area contributed by atoms with Gasteiger partial charge in [-0.1, -0.05) is 12.1 Å². The van der Waals surface area contributed by atoms with E-state index < -0.39 is 6.10 Å². The summed E-state index contributed by atoms with van der Waals surface area (Å²) < 4.78 is 10.5. The monoisotopic (exact) mass is 251 g/mol. The quantitative estimate of drug-likeness (QED) is 0.821. The Morgan fingerprint density at radius 1 is 1.33 bits per heavy atom. The average molecular weight is 251 g/mol. The van der Waals surface area contributed by atoms with Crippen molar-refractivity contribution in [3.63, 3.8) is 0 Å². The van der Waals surface area contributed by atoms with Crippen molar-refractivity contribution in [3.8, 4) is 0 Å². The Morgan fingerprint density at radius 3 is 2.72 bits per heavy atom. The molecule has 1 aliphatic heterocycles. The first-order valence-corrected chi connectivity index (χ1v) is 5.99. The molecule has 1 unspecified atom stereocenters. The van der Waals surface area contributed by atoms with Crippen LogP contribution in [0.15, 0.2) is 24.3 Å². The maximum atomic E-state index is 11.8. The van der Waals surface area contributed by atoms with E-state index in [9.17, 15) is 4.79 Å². The number of hydrogen-bond acceptors (Lipinski definition) is 4. The number of amides is 1. The Kier molecular flexibility index (Phi) is 4.69. The zero-order valence-corrected chi connectivity index (χ0v) is 10.1. The lowest BCUT2D eigenvalue weighted by molar-refractivity contribution is -0.142. The molecule has 1 amide bonds. The molecule has 1 heterocycles. The van der Waals surface area contributed by atoms with E-state index in [1.54, 1.807) is 0 Å². The number of benzene rings is 1. The zero-order chi connectivity index (χ0) is 12.8. The van der Waals surface area contributed by atoms with Crippen molar-refractivity contribution in [3.05, 3.63) is 29.8 Å². The average Bonchev–Trinajstić information content (AvgIpc) is 2.42. The van der Waals surface area contributed by atoms with Gasteiger partial charge in [-0.3, -0.25) is 4.79 Å². The maximum absolute atomic E-state index is 11.8. The molecule has 0 spiro atoms. The Balaban J connectivity index is 1.89. The fourth-order valence-corrected chi connectivity index (χ4v) is 1.75.